The lowest BCUT2D eigenvalue weighted by molar-refractivity contribution is -0.157. The van der Waals surface area contributed by atoms with Gasteiger partial charge in [0, 0.05) is 13.1 Å². The largest absolute Gasteiger partial charge is 0.380 e. The van der Waals surface area contributed by atoms with Crippen LogP contribution in [0.5, 0.6) is 0 Å². The van der Waals surface area contributed by atoms with Gasteiger partial charge in [0.05, 0.1) is 12.5 Å². The number of piperidine rings is 1. The van der Waals surface area contributed by atoms with Crippen molar-refractivity contribution in [1.29, 1.82) is 0 Å². The van der Waals surface area contributed by atoms with Gasteiger partial charge in [-0.05, 0) is 36.3 Å². The summed E-state index contributed by atoms with van der Waals surface area (Å²) in [5.41, 5.74) is 0.594. The molecule has 32 heavy (non-hydrogen) atoms. The molecule has 0 aromatic heterocycles. The van der Waals surface area contributed by atoms with Gasteiger partial charge in [0.25, 0.3) is 0 Å². The Balaban J connectivity index is 1.76. The number of carbonyl (C=O) groups excluding carboxylic acids is 2. The summed E-state index contributed by atoms with van der Waals surface area (Å²) in [5.74, 6) is -0.473. The zero-order valence-corrected chi connectivity index (χ0v) is 18.8. The monoisotopic (exact) mass is 438 g/mol. The molecule has 1 unspecified atom stereocenters. The first-order chi connectivity index (χ1) is 15.5. The number of benzene rings is 2. The molecular weight excluding hydrogens is 404 g/mol. The maximum Gasteiger partial charge on any atom is 0.233 e. The van der Waals surface area contributed by atoms with Gasteiger partial charge < -0.3 is 10.0 Å². The van der Waals surface area contributed by atoms with Crippen LogP contribution < -0.4 is 0 Å². The molecule has 2 amide bonds. The van der Waals surface area contributed by atoms with E-state index < -0.39 is 11.5 Å². The summed E-state index contributed by atoms with van der Waals surface area (Å²) in [4.78, 5) is 25.8. The minimum absolute atomic E-state index is 0.0141. The van der Waals surface area contributed by atoms with Crippen molar-refractivity contribution in [3.63, 3.8) is 0 Å². The van der Waals surface area contributed by atoms with Crippen LogP contribution in [0.1, 0.15) is 50.2 Å². The van der Waals surface area contributed by atoms with Crippen molar-refractivity contribution in [1.82, 2.24) is 9.96 Å². The number of hydrogen-bond donors (Lipinski definition) is 2. The molecule has 1 atom stereocenters. The zero-order valence-electron chi connectivity index (χ0n) is 18.8. The molecule has 0 radical (unpaired) electrons. The van der Waals surface area contributed by atoms with Crippen LogP contribution in [0.3, 0.4) is 0 Å². The van der Waals surface area contributed by atoms with Crippen LogP contribution in [0, 0.1) is 11.8 Å². The van der Waals surface area contributed by atoms with Gasteiger partial charge in [-0.25, -0.2) is 5.06 Å². The fraction of sp³-hybridized carbons (Fsp3) is 0.462. The summed E-state index contributed by atoms with van der Waals surface area (Å²) in [6, 6.07) is 19.5. The SMILES string of the molecule is CCCCC(CN(O)C=O)C(=O)N1CCC(C(O)(c2ccccc2)c2ccccc2)CC1. The number of unbranched alkanes of at least 4 members (excludes halogenated alkanes) is 1. The zero-order chi connectivity index (χ0) is 23.0. The predicted octanol–water partition coefficient (Wildman–Crippen LogP) is 3.82. The Labute approximate surface area is 190 Å². The molecule has 1 fully saturated rings. The molecule has 0 spiro atoms. The Morgan fingerprint density at radius 3 is 2.09 bits per heavy atom. The van der Waals surface area contributed by atoms with Gasteiger partial charge in [0.2, 0.25) is 12.3 Å². The average Bonchev–Trinajstić information content (AvgIpc) is 2.86. The standard InChI is InChI=1S/C26H34N2O4/c1-2-3-10-21(19-28(32)20-29)25(30)27-17-15-24(16-18-27)26(31,22-11-6-4-7-12-22)23-13-8-5-9-14-23/h4-9,11-14,20-21,24,31-32H,2-3,10,15-19H2,1H3. The number of aliphatic hydroxyl groups is 1. The Kier molecular flexibility index (Phi) is 8.42. The number of hydroxylamine groups is 2. The van der Waals surface area contributed by atoms with Crippen molar-refractivity contribution in [3.05, 3.63) is 71.8 Å². The fourth-order valence-electron chi connectivity index (χ4n) is 4.81. The van der Waals surface area contributed by atoms with Crippen LogP contribution in [0.25, 0.3) is 0 Å². The van der Waals surface area contributed by atoms with Crippen molar-refractivity contribution in [2.45, 2.75) is 44.6 Å². The molecule has 1 aliphatic rings. The second kappa shape index (κ2) is 11.2. The van der Waals surface area contributed by atoms with E-state index in [1.165, 1.54) is 0 Å². The van der Waals surface area contributed by atoms with E-state index in [2.05, 4.69) is 6.92 Å². The lowest BCUT2D eigenvalue weighted by Crippen LogP contribution is -2.48. The molecule has 2 aromatic rings. The van der Waals surface area contributed by atoms with Gasteiger partial charge in [0.15, 0.2) is 0 Å². The Morgan fingerprint density at radius 1 is 1.09 bits per heavy atom. The normalized spacial score (nSPS) is 15.9. The maximum absolute atomic E-state index is 13.2. The number of amides is 2. The van der Waals surface area contributed by atoms with Crippen molar-refractivity contribution in [2.24, 2.45) is 11.8 Å². The third kappa shape index (κ3) is 5.37. The van der Waals surface area contributed by atoms with Crippen molar-refractivity contribution in [2.75, 3.05) is 19.6 Å². The Morgan fingerprint density at radius 2 is 1.62 bits per heavy atom. The van der Waals surface area contributed by atoms with E-state index in [1.54, 1.807) is 0 Å². The van der Waals surface area contributed by atoms with Gasteiger partial charge in [-0.1, -0.05) is 80.4 Å². The summed E-state index contributed by atoms with van der Waals surface area (Å²) in [6.45, 7) is 3.15. The minimum atomic E-state index is -1.13. The van der Waals surface area contributed by atoms with Crippen LogP contribution in [0.4, 0.5) is 0 Å². The van der Waals surface area contributed by atoms with E-state index in [0.717, 1.165) is 24.0 Å². The van der Waals surface area contributed by atoms with Crippen LogP contribution in [-0.2, 0) is 15.2 Å². The first kappa shape index (κ1) is 24.0. The van der Waals surface area contributed by atoms with E-state index in [4.69, 9.17) is 0 Å². The van der Waals surface area contributed by atoms with E-state index in [-0.39, 0.29) is 18.4 Å². The van der Waals surface area contributed by atoms with Gasteiger partial charge in [-0.2, -0.15) is 0 Å². The summed E-state index contributed by atoms with van der Waals surface area (Å²) >= 11 is 0. The second-order valence-corrected chi connectivity index (χ2v) is 8.66. The predicted molar refractivity (Wildman–Crippen MR) is 123 cm³/mol. The highest BCUT2D eigenvalue weighted by atomic mass is 16.5. The summed E-state index contributed by atoms with van der Waals surface area (Å²) in [7, 11) is 0. The molecule has 1 saturated heterocycles. The Hall–Kier alpha value is -2.70. The number of hydrogen-bond acceptors (Lipinski definition) is 4. The highest BCUT2D eigenvalue weighted by Crippen LogP contribution is 2.42. The van der Waals surface area contributed by atoms with Crippen LogP contribution in [0.15, 0.2) is 60.7 Å². The quantitative estimate of drug-likeness (QED) is 0.336. The van der Waals surface area contributed by atoms with Crippen LogP contribution in [0.2, 0.25) is 0 Å². The molecule has 0 saturated carbocycles. The topological polar surface area (TPSA) is 81.1 Å². The first-order valence-electron chi connectivity index (χ1n) is 11.5. The molecule has 0 aliphatic carbocycles. The number of rotatable bonds is 10. The molecule has 1 aliphatic heterocycles. The summed E-state index contributed by atoms with van der Waals surface area (Å²) < 4.78 is 0. The van der Waals surface area contributed by atoms with E-state index in [9.17, 15) is 19.9 Å². The van der Waals surface area contributed by atoms with Crippen molar-refractivity contribution >= 4 is 12.3 Å². The molecule has 6 heteroatoms. The van der Waals surface area contributed by atoms with Crippen LogP contribution >= 0.6 is 0 Å². The molecule has 3 rings (SSSR count). The number of carbonyl (C=O) groups is 2. The summed E-state index contributed by atoms with van der Waals surface area (Å²) in [5, 5.41) is 22.2. The molecule has 6 nitrogen and oxygen atoms in total. The first-order valence-corrected chi connectivity index (χ1v) is 11.5. The average molecular weight is 439 g/mol. The highest BCUT2D eigenvalue weighted by molar-refractivity contribution is 5.79. The summed E-state index contributed by atoms with van der Waals surface area (Å²) in [6.07, 6.45) is 4.13. The molecule has 2 aromatic carbocycles. The van der Waals surface area contributed by atoms with Gasteiger partial charge >= 0.3 is 0 Å². The van der Waals surface area contributed by atoms with E-state index in [0.29, 0.717) is 43.8 Å². The third-order valence-electron chi connectivity index (χ3n) is 6.61. The van der Waals surface area contributed by atoms with Gasteiger partial charge in [0.1, 0.15) is 5.60 Å². The molecule has 1 heterocycles. The minimum Gasteiger partial charge on any atom is -0.380 e. The van der Waals surface area contributed by atoms with Crippen LogP contribution in [-0.4, -0.2) is 52.2 Å². The molecule has 0 bridgehead atoms. The lowest BCUT2D eigenvalue weighted by atomic mass is 9.72. The molecule has 2 N–H and O–H groups in total. The fourth-order valence-corrected chi connectivity index (χ4v) is 4.81. The lowest BCUT2D eigenvalue weighted by Gasteiger charge is -2.43. The Bertz CT molecular complexity index is 811. The smallest absolute Gasteiger partial charge is 0.233 e. The highest BCUT2D eigenvalue weighted by Gasteiger charge is 2.42. The number of likely N-dealkylation sites (tertiary alicyclic amines) is 1. The maximum atomic E-state index is 13.2. The van der Waals surface area contributed by atoms with Crippen molar-refractivity contribution < 1.29 is 19.9 Å². The van der Waals surface area contributed by atoms with Crippen molar-refractivity contribution in [3.8, 4) is 0 Å². The number of nitrogens with zero attached hydrogens (tertiary/aromatic N) is 2. The van der Waals surface area contributed by atoms with E-state index >= 15 is 0 Å². The molecule has 172 valence electrons. The molecular formula is C26H34N2O4. The van der Waals surface area contributed by atoms with E-state index in [1.807, 2.05) is 65.6 Å². The van der Waals surface area contributed by atoms with Gasteiger partial charge in [-0.3, -0.25) is 14.8 Å². The second-order valence-electron chi connectivity index (χ2n) is 8.66. The third-order valence-corrected chi connectivity index (χ3v) is 6.61. The van der Waals surface area contributed by atoms with Gasteiger partial charge in [-0.15, -0.1) is 0 Å².